The first kappa shape index (κ1) is 29.7. The molecule has 0 saturated heterocycles. The quantitative estimate of drug-likeness (QED) is 0.110. The van der Waals surface area contributed by atoms with Gasteiger partial charge >= 0.3 is 35.8 Å². The van der Waals surface area contributed by atoms with E-state index >= 15 is 0 Å². The highest BCUT2D eigenvalue weighted by atomic mass is 16.6. The van der Waals surface area contributed by atoms with E-state index in [1.54, 1.807) is 0 Å². The lowest BCUT2D eigenvalue weighted by Crippen LogP contribution is -2.37. The van der Waals surface area contributed by atoms with Gasteiger partial charge in [-0.1, -0.05) is 0 Å². The Labute approximate surface area is 187 Å². The largest absolute Gasteiger partial charge is 0.481 e. The second-order valence-electron chi connectivity index (χ2n) is 7.32. The Morgan fingerprint density at radius 2 is 1.00 bits per heavy atom. The summed E-state index contributed by atoms with van der Waals surface area (Å²) in [7, 11) is 0. The zero-order valence-electron chi connectivity index (χ0n) is 17.6. The highest BCUT2D eigenvalue weighted by molar-refractivity contribution is 5.79. The zero-order chi connectivity index (χ0) is 25.7. The van der Waals surface area contributed by atoms with Gasteiger partial charge in [-0.05, 0) is 6.42 Å². The number of esters is 2. The van der Waals surface area contributed by atoms with E-state index in [1.165, 1.54) is 0 Å². The summed E-state index contributed by atoms with van der Waals surface area (Å²) in [6.07, 6.45) is -6.28. The molecule has 0 spiro atoms. The van der Waals surface area contributed by atoms with Crippen molar-refractivity contribution in [2.75, 3.05) is 0 Å². The second kappa shape index (κ2) is 14.7. The molecule has 0 saturated carbocycles. The zero-order valence-corrected chi connectivity index (χ0v) is 17.6. The first-order valence-corrected chi connectivity index (χ1v) is 9.76. The molecule has 0 aliphatic rings. The molecular weight excluding hydrogens is 450 g/mol. The van der Waals surface area contributed by atoms with Crippen molar-refractivity contribution in [3.8, 4) is 0 Å². The molecule has 188 valence electrons. The average Bonchev–Trinajstić information content (AvgIpc) is 2.63. The maximum absolute atomic E-state index is 11.9. The summed E-state index contributed by atoms with van der Waals surface area (Å²) < 4.78 is 9.53. The van der Waals surface area contributed by atoms with Crippen LogP contribution in [0.25, 0.3) is 0 Å². The fraction of sp³-hybridized carbons (Fsp3) is 0.667. The predicted molar refractivity (Wildman–Crippen MR) is 107 cm³/mol. The number of ether oxygens (including phenoxy) is 2. The summed E-state index contributed by atoms with van der Waals surface area (Å²) in [5.74, 6) is -7.53. The van der Waals surface area contributed by atoms with Crippen molar-refractivity contribution in [2.45, 2.75) is 75.3 Å². The van der Waals surface area contributed by atoms with Crippen LogP contribution < -0.4 is 17.2 Å². The van der Waals surface area contributed by atoms with E-state index in [-0.39, 0.29) is 6.42 Å². The fourth-order valence-electron chi connectivity index (χ4n) is 2.61. The Hall–Kier alpha value is -3.30. The van der Waals surface area contributed by atoms with Gasteiger partial charge in [0.05, 0.1) is 19.3 Å². The lowest BCUT2D eigenvalue weighted by atomic mass is 10.1. The van der Waals surface area contributed by atoms with Gasteiger partial charge in [0, 0.05) is 37.4 Å². The van der Waals surface area contributed by atoms with Crippen molar-refractivity contribution in [3.05, 3.63) is 0 Å². The maximum atomic E-state index is 11.9. The topological polar surface area (TPSA) is 280 Å². The van der Waals surface area contributed by atoms with E-state index in [4.69, 9.17) is 47.1 Å². The summed E-state index contributed by atoms with van der Waals surface area (Å²) in [5.41, 5.74) is 16.7. The number of hydrogen-bond acceptors (Lipinski definition) is 11. The van der Waals surface area contributed by atoms with Crippen molar-refractivity contribution in [1.82, 2.24) is 0 Å². The number of hydrogen-bond donors (Lipinski definition) is 7. The van der Waals surface area contributed by atoms with E-state index in [0.717, 1.165) is 0 Å². The number of rotatable bonds is 17. The molecule has 0 amide bonds. The van der Waals surface area contributed by atoms with Gasteiger partial charge in [0.1, 0.15) is 0 Å². The molecule has 0 aromatic carbocycles. The number of carbonyl (C=O) groups excluding carboxylic acids is 2. The van der Waals surface area contributed by atoms with Gasteiger partial charge in [0.25, 0.3) is 0 Å². The molecule has 5 atom stereocenters. The minimum absolute atomic E-state index is 0.141. The van der Waals surface area contributed by atoms with Crippen LogP contribution >= 0.6 is 0 Å². The first-order chi connectivity index (χ1) is 15.2. The third-order valence-corrected chi connectivity index (χ3v) is 4.15. The maximum Gasteiger partial charge on any atom is 0.345 e. The molecule has 0 rings (SSSR count). The number of carboxylic acid groups (broad SMARTS) is 4. The predicted octanol–water partition coefficient (Wildman–Crippen LogP) is -2.14. The number of carbonyl (C=O) groups is 6. The molecule has 15 nitrogen and oxygen atoms in total. The molecule has 0 fully saturated rings. The number of aliphatic carboxylic acids is 4. The van der Waals surface area contributed by atoms with Crippen LogP contribution in [0.5, 0.6) is 0 Å². The molecule has 0 aromatic heterocycles. The summed E-state index contributed by atoms with van der Waals surface area (Å²) in [6.45, 7) is 0. The highest BCUT2D eigenvalue weighted by Crippen LogP contribution is 2.11. The molecule has 0 aromatic rings. The van der Waals surface area contributed by atoms with Crippen LogP contribution in [0.4, 0.5) is 0 Å². The first-order valence-electron chi connectivity index (χ1n) is 9.76. The third kappa shape index (κ3) is 14.4. The molecule has 10 N–H and O–H groups in total. The van der Waals surface area contributed by atoms with Crippen LogP contribution in [-0.2, 0) is 38.2 Å². The second-order valence-corrected chi connectivity index (χ2v) is 7.32. The van der Waals surface area contributed by atoms with E-state index in [1.807, 2.05) is 0 Å². The lowest BCUT2D eigenvalue weighted by Gasteiger charge is -2.19. The summed E-state index contributed by atoms with van der Waals surface area (Å²) in [5, 5.41) is 35.5. The van der Waals surface area contributed by atoms with Gasteiger partial charge in [-0.15, -0.1) is 0 Å². The van der Waals surface area contributed by atoms with Gasteiger partial charge in [0.2, 0.25) is 0 Å². The van der Waals surface area contributed by atoms with Crippen LogP contribution in [0.15, 0.2) is 0 Å². The molecule has 33 heavy (non-hydrogen) atoms. The van der Waals surface area contributed by atoms with Gasteiger partial charge in [-0.2, -0.15) is 0 Å². The normalized spacial score (nSPS) is 15.4. The average molecular weight is 479 g/mol. The van der Waals surface area contributed by atoms with Crippen LogP contribution in [-0.4, -0.2) is 86.6 Å². The van der Waals surface area contributed by atoms with Gasteiger partial charge in [-0.25, -0.2) is 9.59 Å². The lowest BCUT2D eigenvalue weighted by molar-refractivity contribution is -0.165. The standard InChI is InChI=1S/C18H29N3O12/c19-8(7-16(27)33-12(18(30)31)4-10(21)6-14(24)25)1-2-15(26)32-11(17(28)29)3-9(20)5-13(22)23/h8-12H,1-7,19-21H2,(H,22,23)(H,24,25)(H,28,29)(H,30,31). The van der Waals surface area contributed by atoms with Crippen LogP contribution in [0.2, 0.25) is 0 Å². The van der Waals surface area contributed by atoms with Crippen molar-refractivity contribution in [2.24, 2.45) is 17.2 Å². The van der Waals surface area contributed by atoms with Crippen molar-refractivity contribution in [1.29, 1.82) is 0 Å². The van der Waals surface area contributed by atoms with Crippen LogP contribution in [0, 0.1) is 0 Å². The molecule has 0 aliphatic heterocycles. The van der Waals surface area contributed by atoms with E-state index in [2.05, 4.69) is 0 Å². The molecule has 0 heterocycles. The molecule has 5 unspecified atom stereocenters. The van der Waals surface area contributed by atoms with Gasteiger partial charge in [0.15, 0.2) is 12.2 Å². The highest BCUT2D eigenvalue weighted by Gasteiger charge is 2.28. The minimum atomic E-state index is -1.68. The Morgan fingerprint density at radius 1 is 0.606 bits per heavy atom. The number of carboxylic acids is 4. The molecule has 0 aliphatic carbocycles. The SMILES string of the molecule is NC(CCC(=O)OC(CC(N)CC(=O)O)C(=O)O)CC(=O)OC(CC(N)CC(=O)O)C(=O)O. The minimum Gasteiger partial charge on any atom is -0.481 e. The fourth-order valence-corrected chi connectivity index (χ4v) is 2.61. The Morgan fingerprint density at radius 3 is 1.36 bits per heavy atom. The summed E-state index contributed by atoms with van der Waals surface area (Å²) in [4.78, 5) is 67.4. The smallest absolute Gasteiger partial charge is 0.345 e. The Bertz CT molecular complexity index is 728. The molecule has 15 heteroatoms. The Balaban J connectivity index is 4.59. The van der Waals surface area contributed by atoms with E-state index < -0.39 is 105 Å². The summed E-state index contributed by atoms with van der Waals surface area (Å²) in [6, 6.07) is -3.09. The van der Waals surface area contributed by atoms with Crippen molar-refractivity contribution < 1.29 is 58.7 Å². The monoisotopic (exact) mass is 479 g/mol. The van der Waals surface area contributed by atoms with Crippen LogP contribution in [0.3, 0.4) is 0 Å². The van der Waals surface area contributed by atoms with Gasteiger partial charge < -0.3 is 47.1 Å². The van der Waals surface area contributed by atoms with Crippen molar-refractivity contribution >= 4 is 35.8 Å². The van der Waals surface area contributed by atoms with Gasteiger partial charge in [-0.3, -0.25) is 19.2 Å². The third-order valence-electron chi connectivity index (χ3n) is 4.15. The Kier molecular flexibility index (Phi) is 13.2. The molecule has 0 bridgehead atoms. The number of nitrogens with two attached hydrogens (primary N) is 3. The molecule has 0 radical (unpaired) electrons. The van der Waals surface area contributed by atoms with Crippen molar-refractivity contribution in [3.63, 3.8) is 0 Å². The van der Waals surface area contributed by atoms with Crippen LogP contribution in [0.1, 0.15) is 44.9 Å². The molecular formula is C18H29N3O12. The van der Waals surface area contributed by atoms with E-state index in [9.17, 15) is 28.8 Å². The summed E-state index contributed by atoms with van der Waals surface area (Å²) >= 11 is 0. The van der Waals surface area contributed by atoms with E-state index in [0.29, 0.717) is 0 Å².